The molecule has 0 spiro atoms. The third-order valence-electron chi connectivity index (χ3n) is 11.5. The van der Waals surface area contributed by atoms with Crippen LogP contribution in [-0.4, -0.2) is 149 Å². The number of benzene rings is 3. The van der Waals surface area contributed by atoms with Crippen molar-refractivity contribution in [1.82, 2.24) is 31.9 Å². The Balaban J connectivity index is 1.50. The summed E-state index contributed by atoms with van der Waals surface area (Å²) in [5.74, 6) is 1.27. The van der Waals surface area contributed by atoms with Crippen LogP contribution >= 0.6 is 0 Å². The molecule has 0 unspecified atom stereocenters. The van der Waals surface area contributed by atoms with Gasteiger partial charge in [0.1, 0.15) is 22.4 Å². The molecule has 496 valence electrons. The van der Waals surface area contributed by atoms with E-state index in [-0.39, 0.29) is 64.3 Å². The van der Waals surface area contributed by atoms with Crippen molar-refractivity contribution in [2.45, 2.75) is 170 Å². The van der Waals surface area contributed by atoms with Gasteiger partial charge in [-0.2, -0.15) is 0 Å². The summed E-state index contributed by atoms with van der Waals surface area (Å²) in [6.45, 7) is 25.0. The molecule has 24 heteroatoms. The zero-order valence-corrected chi connectivity index (χ0v) is 54.3. The Hall–Kier alpha value is -8.31. The van der Waals surface area contributed by atoms with Gasteiger partial charge in [-0.05, 0) is 194 Å². The fourth-order valence-corrected chi connectivity index (χ4v) is 7.60. The number of hydrogen-bond donors (Lipinski definition) is 7. The molecule has 7 N–H and O–H groups in total. The standard InChI is InChI=1S/C65H98N6O18/c1-62(2,3)86-58(76)68-33-15-38-81-49-25-19-46(43-52(49)84-41-17-35-70-60(78)88-64(7,8)9)22-28-55(72)66-31-13-37-80-51-27-21-48(24-30-57(74)75)45-54(51)83-40-14-32-67-56(73)29-23-47-20-26-50(82-39-16-34-69-59(77)87-63(4,5)6)53(44-47)85-42-18-36-71-61(79)89-65(10,11)12/h19-21,24-27,30,43-45H,13-18,22-23,28-29,31-42H2,1-12H3,(H,66,72)(H,67,73)(H,68,76)(H,69,77)(H,70,78)(H,71,79)(H,74,75)/b30-24+. The monoisotopic (exact) mass is 1250 g/mol. The van der Waals surface area contributed by atoms with Crippen LogP contribution in [0.3, 0.4) is 0 Å². The maximum Gasteiger partial charge on any atom is 0.407 e. The van der Waals surface area contributed by atoms with Crippen molar-refractivity contribution in [3.63, 3.8) is 0 Å². The second kappa shape index (κ2) is 38.9. The van der Waals surface area contributed by atoms with Crippen LogP contribution in [0.5, 0.6) is 34.5 Å². The van der Waals surface area contributed by atoms with E-state index < -0.39 is 52.7 Å². The predicted molar refractivity (Wildman–Crippen MR) is 336 cm³/mol. The number of rotatable bonds is 38. The Morgan fingerprint density at radius 2 is 0.640 bits per heavy atom. The summed E-state index contributed by atoms with van der Waals surface area (Å²) < 4.78 is 57.6. The lowest BCUT2D eigenvalue weighted by molar-refractivity contribution is -0.131. The van der Waals surface area contributed by atoms with E-state index in [1.54, 1.807) is 113 Å². The molecule has 3 aromatic rings. The Morgan fingerprint density at radius 3 is 0.933 bits per heavy atom. The van der Waals surface area contributed by atoms with Crippen molar-refractivity contribution in [3.8, 4) is 34.5 Å². The molecule has 3 rings (SSSR count). The number of carbonyl (C=O) groups excluding carboxylic acids is 6. The lowest BCUT2D eigenvalue weighted by Crippen LogP contribution is -2.33. The Labute approximate surface area is 524 Å². The largest absolute Gasteiger partial charge is 0.490 e. The molecule has 0 aliphatic heterocycles. The van der Waals surface area contributed by atoms with E-state index >= 15 is 0 Å². The lowest BCUT2D eigenvalue weighted by Gasteiger charge is -2.20. The summed E-state index contributed by atoms with van der Waals surface area (Å²) in [6, 6.07) is 16.0. The molecule has 0 bridgehead atoms. The van der Waals surface area contributed by atoms with Gasteiger partial charge in [0.2, 0.25) is 11.8 Å². The van der Waals surface area contributed by atoms with Crippen LogP contribution in [0.15, 0.2) is 60.7 Å². The zero-order chi connectivity index (χ0) is 65.9. The number of aliphatic carboxylic acids is 1. The van der Waals surface area contributed by atoms with E-state index in [1.165, 1.54) is 6.08 Å². The molecule has 0 heterocycles. The van der Waals surface area contributed by atoms with Gasteiger partial charge in [-0.15, -0.1) is 0 Å². The molecule has 24 nitrogen and oxygen atoms in total. The van der Waals surface area contributed by atoms with Crippen LogP contribution in [0.1, 0.15) is 151 Å². The number of hydrogen-bond acceptors (Lipinski definition) is 17. The first-order chi connectivity index (χ1) is 41.9. The van der Waals surface area contributed by atoms with Gasteiger partial charge in [-0.25, -0.2) is 24.0 Å². The first-order valence-electron chi connectivity index (χ1n) is 30.4. The van der Waals surface area contributed by atoms with Crippen LogP contribution in [0, 0.1) is 0 Å². The average Bonchev–Trinajstić information content (AvgIpc) is 3.47. The highest BCUT2D eigenvalue weighted by atomic mass is 16.6. The van der Waals surface area contributed by atoms with Gasteiger partial charge in [-0.3, -0.25) is 9.59 Å². The van der Waals surface area contributed by atoms with Crippen molar-refractivity contribution in [2.24, 2.45) is 0 Å². The maximum atomic E-state index is 13.0. The maximum absolute atomic E-state index is 13.0. The molecule has 0 saturated heterocycles. The number of carboxylic acid groups (broad SMARTS) is 1. The Kier molecular flexibility index (Phi) is 32.7. The second-order valence-corrected chi connectivity index (χ2v) is 24.6. The molecule has 0 aliphatic rings. The zero-order valence-electron chi connectivity index (χ0n) is 54.3. The van der Waals surface area contributed by atoms with Crippen molar-refractivity contribution in [2.75, 3.05) is 78.9 Å². The van der Waals surface area contributed by atoms with Crippen LogP contribution in [-0.2, 0) is 46.2 Å². The summed E-state index contributed by atoms with van der Waals surface area (Å²) in [7, 11) is 0. The second-order valence-electron chi connectivity index (χ2n) is 24.6. The van der Waals surface area contributed by atoms with Gasteiger partial charge < -0.3 is 84.4 Å². The minimum atomic E-state index is -1.11. The highest BCUT2D eigenvalue weighted by molar-refractivity contribution is 5.85. The number of amides is 6. The van der Waals surface area contributed by atoms with Crippen molar-refractivity contribution < 1.29 is 86.0 Å². The van der Waals surface area contributed by atoms with E-state index in [0.717, 1.165) is 17.2 Å². The molecule has 0 radical (unpaired) electrons. The number of alkyl carbamates (subject to hydrolysis) is 4. The quantitative estimate of drug-likeness (QED) is 0.0159. The minimum absolute atomic E-state index is 0.165. The SMILES string of the molecule is CC(C)(C)OC(=O)NCCCOc1ccc(CCC(=O)NCCCOc2ccc(/C=C/C(=O)O)cc2OCCCNC(=O)CCc2ccc(OCCCNC(=O)OC(C)(C)C)c(OCCCNC(=O)OC(C)(C)C)c2)cc1OCCCNC(=O)OC(C)(C)C. The Bertz CT molecular complexity index is 2730. The summed E-state index contributed by atoms with van der Waals surface area (Å²) >= 11 is 0. The van der Waals surface area contributed by atoms with Crippen LogP contribution in [0.4, 0.5) is 19.2 Å². The highest BCUT2D eigenvalue weighted by Crippen LogP contribution is 2.32. The summed E-state index contributed by atoms with van der Waals surface area (Å²) in [4.78, 5) is 85.6. The molecule has 0 atom stereocenters. The van der Waals surface area contributed by atoms with Crippen LogP contribution in [0.25, 0.3) is 6.08 Å². The van der Waals surface area contributed by atoms with Gasteiger partial charge in [0, 0.05) is 58.2 Å². The van der Waals surface area contributed by atoms with Gasteiger partial charge in [0.15, 0.2) is 34.5 Å². The van der Waals surface area contributed by atoms with E-state index in [0.29, 0.717) is 131 Å². The number of carbonyl (C=O) groups is 7. The molecule has 3 aromatic carbocycles. The van der Waals surface area contributed by atoms with Crippen molar-refractivity contribution >= 4 is 48.2 Å². The minimum Gasteiger partial charge on any atom is -0.490 e. The van der Waals surface area contributed by atoms with E-state index in [4.69, 9.17) is 47.4 Å². The number of carboxylic acids is 1. The van der Waals surface area contributed by atoms with Crippen molar-refractivity contribution in [1.29, 1.82) is 0 Å². The molecule has 0 aromatic heterocycles. The summed E-state index contributed by atoms with van der Waals surface area (Å²) in [5, 5.41) is 26.0. The number of ether oxygens (including phenoxy) is 10. The molecular weight excluding hydrogens is 1150 g/mol. The Morgan fingerprint density at radius 1 is 0.371 bits per heavy atom. The van der Waals surface area contributed by atoms with Gasteiger partial charge >= 0.3 is 30.3 Å². The molecule has 89 heavy (non-hydrogen) atoms. The first-order valence-corrected chi connectivity index (χ1v) is 30.4. The summed E-state index contributed by atoms with van der Waals surface area (Å²) in [5.41, 5.74) is -0.223. The van der Waals surface area contributed by atoms with Gasteiger partial charge in [0.25, 0.3) is 0 Å². The smallest absolute Gasteiger partial charge is 0.407 e. The molecular formula is C65H98N6O18. The normalized spacial score (nSPS) is 11.6. The third kappa shape index (κ3) is 37.2. The topological polar surface area (TPSA) is 304 Å². The van der Waals surface area contributed by atoms with Crippen molar-refractivity contribution in [3.05, 3.63) is 77.4 Å². The molecule has 0 fully saturated rings. The average molecular weight is 1250 g/mol. The van der Waals surface area contributed by atoms with Gasteiger partial charge in [0.05, 0.1) is 39.6 Å². The fourth-order valence-electron chi connectivity index (χ4n) is 7.60. The highest BCUT2D eigenvalue weighted by Gasteiger charge is 2.20. The molecule has 6 amide bonds. The number of aryl methyl sites for hydroxylation is 2. The first kappa shape index (κ1) is 74.9. The van der Waals surface area contributed by atoms with Gasteiger partial charge in [-0.1, -0.05) is 18.2 Å². The third-order valence-corrected chi connectivity index (χ3v) is 11.5. The van der Waals surface area contributed by atoms with Crippen LogP contribution < -0.4 is 60.3 Å². The van der Waals surface area contributed by atoms with Crippen LogP contribution in [0.2, 0.25) is 0 Å². The van der Waals surface area contributed by atoms with E-state index in [2.05, 4.69) is 31.9 Å². The predicted octanol–water partition coefficient (Wildman–Crippen LogP) is 9.99. The van der Waals surface area contributed by atoms with E-state index in [1.807, 2.05) is 24.3 Å². The fraction of sp³-hybridized carbons (Fsp3) is 0.585. The number of nitrogens with one attached hydrogen (secondary N) is 6. The lowest BCUT2D eigenvalue weighted by atomic mass is 10.1. The van der Waals surface area contributed by atoms with E-state index in [9.17, 15) is 38.7 Å². The molecule has 0 aliphatic carbocycles. The summed E-state index contributed by atoms with van der Waals surface area (Å²) in [6.07, 6.45) is 4.50. The molecule has 0 saturated carbocycles.